The molecule has 0 heterocycles. The lowest BCUT2D eigenvalue weighted by Crippen LogP contribution is -1.93. The zero-order valence-corrected chi connectivity index (χ0v) is 8.45. The van der Waals surface area contributed by atoms with Crippen molar-refractivity contribution in [2.24, 2.45) is 0 Å². The number of rotatable bonds is 2. The van der Waals surface area contributed by atoms with E-state index in [0.29, 0.717) is 0 Å². The number of nitriles is 2. The molecule has 0 fully saturated rings. The van der Waals surface area contributed by atoms with Crippen molar-refractivity contribution in [2.75, 3.05) is 0 Å². The molecular formula is C10H7BrN2. The summed E-state index contributed by atoms with van der Waals surface area (Å²) in [4.78, 5) is 0. The highest BCUT2D eigenvalue weighted by molar-refractivity contribution is 9.10. The number of hydrogen-bond acceptors (Lipinski definition) is 2. The molecule has 1 atom stereocenters. The van der Waals surface area contributed by atoms with Crippen LogP contribution in [-0.2, 0) is 0 Å². The van der Waals surface area contributed by atoms with Gasteiger partial charge in [0.1, 0.15) is 0 Å². The van der Waals surface area contributed by atoms with E-state index in [2.05, 4.69) is 22.0 Å². The minimum absolute atomic E-state index is 0.243. The van der Waals surface area contributed by atoms with Crippen molar-refractivity contribution in [1.82, 2.24) is 0 Å². The first-order valence-electron chi connectivity index (χ1n) is 3.80. The van der Waals surface area contributed by atoms with E-state index in [0.717, 1.165) is 10.0 Å². The molecule has 64 valence electrons. The predicted octanol–water partition coefficient (Wildman–Crippen LogP) is 2.97. The highest BCUT2D eigenvalue weighted by atomic mass is 79.9. The van der Waals surface area contributed by atoms with Crippen LogP contribution in [0.5, 0.6) is 0 Å². The van der Waals surface area contributed by atoms with Crippen molar-refractivity contribution in [3.63, 3.8) is 0 Å². The second kappa shape index (κ2) is 4.64. The smallest absolute Gasteiger partial charge is 0.0842 e. The first-order chi connectivity index (χ1) is 6.27. The minimum Gasteiger partial charge on any atom is -0.198 e. The fourth-order valence-electron chi connectivity index (χ4n) is 1.05. The molecule has 0 aliphatic heterocycles. The molecule has 1 rings (SSSR count). The highest BCUT2D eigenvalue weighted by Gasteiger charge is 2.09. The molecular weight excluding hydrogens is 228 g/mol. The number of hydrogen-bond donors (Lipinski definition) is 0. The lowest BCUT2D eigenvalue weighted by atomic mass is 9.98. The third-order valence-electron chi connectivity index (χ3n) is 1.70. The topological polar surface area (TPSA) is 47.6 Å². The lowest BCUT2D eigenvalue weighted by molar-refractivity contribution is 0.886. The summed E-state index contributed by atoms with van der Waals surface area (Å²) in [5.74, 6) is -0.317. The van der Waals surface area contributed by atoms with Gasteiger partial charge in [0.05, 0.1) is 24.5 Å². The van der Waals surface area contributed by atoms with E-state index in [4.69, 9.17) is 10.5 Å². The Bertz CT molecular complexity index is 373. The molecule has 0 aliphatic rings. The van der Waals surface area contributed by atoms with Gasteiger partial charge in [0.15, 0.2) is 0 Å². The Hall–Kier alpha value is -1.32. The van der Waals surface area contributed by atoms with Gasteiger partial charge in [-0.15, -0.1) is 0 Å². The quantitative estimate of drug-likeness (QED) is 0.790. The standard InChI is InChI=1S/C10H7BrN2/c11-10-3-1-2-8(6-10)9(7-13)4-5-12/h1-3,6,9H,4H2/t9-/m1/s1. The maximum Gasteiger partial charge on any atom is 0.0842 e. The number of benzene rings is 1. The van der Waals surface area contributed by atoms with Gasteiger partial charge in [-0.3, -0.25) is 0 Å². The maximum atomic E-state index is 8.79. The second-order valence-corrected chi connectivity index (χ2v) is 3.51. The summed E-state index contributed by atoms with van der Waals surface area (Å²) in [6, 6.07) is 11.6. The number of nitrogens with zero attached hydrogens (tertiary/aromatic N) is 2. The molecule has 3 heteroatoms. The second-order valence-electron chi connectivity index (χ2n) is 2.60. The molecule has 0 bridgehead atoms. The normalized spacial score (nSPS) is 11.3. The van der Waals surface area contributed by atoms with E-state index >= 15 is 0 Å². The molecule has 0 saturated carbocycles. The van der Waals surface area contributed by atoms with E-state index in [9.17, 15) is 0 Å². The molecule has 0 amide bonds. The molecule has 0 aliphatic carbocycles. The Balaban J connectivity index is 2.94. The highest BCUT2D eigenvalue weighted by Crippen LogP contribution is 2.21. The van der Waals surface area contributed by atoms with E-state index in [1.165, 1.54) is 0 Å². The van der Waals surface area contributed by atoms with Gasteiger partial charge in [-0.2, -0.15) is 10.5 Å². The average molecular weight is 235 g/mol. The first kappa shape index (κ1) is 9.77. The van der Waals surface area contributed by atoms with Crippen molar-refractivity contribution in [3.05, 3.63) is 34.3 Å². The average Bonchev–Trinajstić information content (AvgIpc) is 2.14. The number of halogens is 1. The van der Waals surface area contributed by atoms with Crippen LogP contribution < -0.4 is 0 Å². The van der Waals surface area contributed by atoms with Crippen LogP contribution in [0.25, 0.3) is 0 Å². The summed E-state index contributed by atoms with van der Waals surface area (Å²) in [5.41, 5.74) is 0.887. The van der Waals surface area contributed by atoms with Crippen molar-refractivity contribution in [2.45, 2.75) is 12.3 Å². The zero-order valence-electron chi connectivity index (χ0n) is 6.87. The van der Waals surface area contributed by atoms with Crippen LogP contribution in [0.15, 0.2) is 28.7 Å². The van der Waals surface area contributed by atoms with E-state index < -0.39 is 0 Å². The summed E-state index contributed by atoms with van der Waals surface area (Å²) in [6.07, 6.45) is 0.243. The predicted molar refractivity (Wildman–Crippen MR) is 52.7 cm³/mol. The summed E-state index contributed by atoms with van der Waals surface area (Å²) in [6.45, 7) is 0. The summed E-state index contributed by atoms with van der Waals surface area (Å²) >= 11 is 3.32. The van der Waals surface area contributed by atoms with Gasteiger partial charge in [-0.25, -0.2) is 0 Å². The molecule has 13 heavy (non-hydrogen) atoms. The van der Waals surface area contributed by atoms with Crippen LogP contribution in [0.1, 0.15) is 17.9 Å². The van der Waals surface area contributed by atoms with Crippen molar-refractivity contribution >= 4 is 15.9 Å². The van der Waals surface area contributed by atoms with Gasteiger partial charge in [0, 0.05) is 4.47 Å². The minimum atomic E-state index is -0.317. The molecule has 1 aromatic rings. The summed E-state index contributed by atoms with van der Waals surface area (Å²) < 4.78 is 0.934. The molecule has 0 aromatic heterocycles. The van der Waals surface area contributed by atoms with Gasteiger partial charge in [-0.05, 0) is 17.7 Å². The monoisotopic (exact) mass is 234 g/mol. The fraction of sp³-hybridized carbons (Fsp3) is 0.200. The molecule has 0 radical (unpaired) electrons. The van der Waals surface area contributed by atoms with Gasteiger partial charge in [0.25, 0.3) is 0 Å². The Morgan fingerprint density at radius 2 is 2.15 bits per heavy atom. The Morgan fingerprint density at radius 1 is 1.38 bits per heavy atom. The van der Waals surface area contributed by atoms with Crippen molar-refractivity contribution in [3.8, 4) is 12.1 Å². The molecule has 0 saturated heterocycles. The summed E-state index contributed by atoms with van der Waals surface area (Å²) in [7, 11) is 0. The Labute approximate surface area is 85.5 Å². The van der Waals surface area contributed by atoms with Gasteiger partial charge >= 0.3 is 0 Å². The largest absolute Gasteiger partial charge is 0.198 e. The molecule has 0 unspecified atom stereocenters. The third kappa shape index (κ3) is 2.57. The molecule has 2 nitrogen and oxygen atoms in total. The summed E-state index contributed by atoms with van der Waals surface area (Å²) in [5, 5.41) is 17.3. The molecule has 0 spiro atoms. The fourth-order valence-corrected chi connectivity index (χ4v) is 1.47. The van der Waals surface area contributed by atoms with Gasteiger partial charge in [0.2, 0.25) is 0 Å². The van der Waals surface area contributed by atoms with Crippen LogP contribution in [0.3, 0.4) is 0 Å². The SMILES string of the molecule is N#CC[C@H](C#N)c1cccc(Br)c1. The maximum absolute atomic E-state index is 8.79. The van der Waals surface area contributed by atoms with Crippen LogP contribution >= 0.6 is 15.9 Å². The zero-order chi connectivity index (χ0) is 9.68. The Morgan fingerprint density at radius 3 is 2.69 bits per heavy atom. The van der Waals surface area contributed by atoms with Crippen LogP contribution in [0.2, 0.25) is 0 Å². The van der Waals surface area contributed by atoms with Crippen LogP contribution in [-0.4, -0.2) is 0 Å². The van der Waals surface area contributed by atoms with Crippen molar-refractivity contribution in [1.29, 1.82) is 10.5 Å². The Kier molecular flexibility index (Phi) is 3.49. The van der Waals surface area contributed by atoms with E-state index in [1.54, 1.807) is 0 Å². The first-order valence-corrected chi connectivity index (χ1v) is 4.59. The van der Waals surface area contributed by atoms with Crippen molar-refractivity contribution < 1.29 is 0 Å². The molecule has 0 N–H and O–H groups in total. The lowest BCUT2D eigenvalue weighted by Gasteiger charge is -2.04. The van der Waals surface area contributed by atoms with Gasteiger partial charge < -0.3 is 0 Å². The van der Waals surface area contributed by atoms with E-state index in [-0.39, 0.29) is 12.3 Å². The van der Waals surface area contributed by atoms with E-state index in [1.807, 2.05) is 30.3 Å². The van der Waals surface area contributed by atoms with Crippen LogP contribution in [0.4, 0.5) is 0 Å². The van der Waals surface area contributed by atoms with Gasteiger partial charge in [-0.1, -0.05) is 28.1 Å². The van der Waals surface area contributed by atoms with Crippen LogP contribution in [0, 0.1) is 22.7 Å². The third-order valence-corrected chi connectivity index (χ3v) is 2.20. The molecule has 1 aromatic carbocycles.